The number of fused-ring (bicyclic) bond motifs is 1. The van der Waals surface area contributed by atoms with E-state index in [2.05, 4.69) is 25.3 Å². The monoisotopic (exact) mass is 470 g/mol. The summed E-state index contributed by atoms with van der Waals surface area (Å²) in [6.45, 7) is 0. The van der Waals surface area contributed by atoms with Crippen molar-refractivity contribution in [1.29, 1.82) is 0 Å². The second-order valence-electron chi connectivity index (χ2n) is 6.41. The normalized spacial score (nSPS) is 11.3. The van der Waals surface area contributed by atoms with Crippen molar-refractivity contribution in [3.05, 3.63) is 81.0 Å². The largest absolute Gasteiger partial charge is 0.420 e. The van der Waals surface area contributed by atoms with E-state index < -0.39 is 0 Å². The van der Waals surface area contributed by atoms with Crippen LogP contribution in [0.2, 0.25) is 10.0 Å². The van der Waals surface area contributed by atoms with E-state index >= 15 is 0 Å². The van der Waals surface area contributed by atoms with E-state index in [1.165, 1.54) is 18.0 Å². The molecule has 0 bridgehead atoms. The number of aromatic amines is 1. The summed E-state index contributed by atoms with van der Waals surface area (Å²) in [6.07, 6.45) is 1.50. The molecule has 0 aliphatic heterocycles. The lowest BCUT2D eigenvalue weighted by atomic mass is 10.2. The molecule has 0 spiro atoms. The van der Waals surface area contributed by atoms with Gasteiger partial charge in [-0.2, -0.15) is 5.10 Å². The summed E-state index contributed by atoms with van der Waals surface area (Å²) >= 11 is 13.4. The van der Waals surface area contributed by atoms with Crippen LogP contribution in [0.5, 0.6) is 0 Å². The van der Waals surface area contributed by atoms with Crippen LogP contribution >= 0.6 is 35.0 Å². The van der Waals surface area contributed by atoms with Crippen LogP contribution in [0.3, 0.4) is 0 Å². The number of nitrogens with one attached hydrogen (secondary N) is 1. The van der Waals surface area contributed by atoms with Gasteiger partial charge in [-0.1, -0.05) is 53.2 Å². The number of benzene rings is 2. The molecular formula is C20H12Cl2N6O2S. The summed E-state index contributed by atoms with van der Waals surface area (Å²) in [4.78, 5) is 19.8. The van der Waals surface area contributed by atoms with Gasteiger partial charge in [0.1, 0.15) is 5.39 Å². The number of halogens is 2. The molecule has 3 heterocycles. The Bertz CT molecular complexity index is 1450. The van der Waals surface area contributed by atoms with Crippen molar-refractivity contribution in [2.45, 2.75) is 10.9 Å². The van der Waals surface area contributed by atoms with E-state index in [0.717, 1.165) is 5.69 Å². The van der Waals surface area contributed by atoms with Crippen molar-refractivity contribution in [2.75, 3.05) is 0 Å². The lowest BCUT2D eigenvalue weighted by Gasteiger charge is -2.03. The highest BCUT2D eigenvalue weighted by Crippen LogP contribution is 2.30. The number of nitrogens with zero attached hydrogens (tertiary/aromatic N) is 5. The van der Waals surface area contributed by atoms with Crippen LogP contribution in [0.15, 0.2) is 69.1 Å². The number of thioether (sulfide) groups is 1. The Balaban J connectivity index is 1.40. The van der Waals surface area contributed by atoms with Crippen LogP contribution < -0.4 is 5.56 Å². The number of hydrogen-bond donors (Lipinski definition) is 1. The average Bonchev–Trinajstić information content (AvgIpc) is 3.40. The second-order valence-corrected chi connectivity index (χ2v) is 8.22. The van der Waals surface area contributed by atoms with Crippen molar-refractivity contribution < 1.29 is 4.42 Å². The summed E-state index contributed by atoms with van der Waals surface area (Å²) in [5.74, 6) is 0.966. The molecule has 0 radical (unpaired) electrons. The summed E-state index contributed by atoms with van der Waals surface area (Å²) in [7, 11) is 0. The van der Waals surface area contributed by atoms with Crippen molar-refractivity contribution in [3.8, 4) is 17.1 Å². The van der Waals surface area contributed by atoms with Gasteiger partial charge in [-0.15, -0.1) is 10.2 Å². The third-order valence-corrected chi connectivity index (χ3v) is 5.78. The van der Waals surface area contributed by atoms with E-state index in [1.54, 1.807) is 22.9 Å². The fraction of sp³-hybridized carbons (Fsp3) is 0.0500. The van der Waals surface area contributed by atoms with E-state index in [-0.39, 0.29) is 11.4 Å². The number of H-pyrrole nitrogens is 1. The fourth-order valence-electron chi connectivity index (χ4n) is 2.94. The molecule has 11 heteroatoms. The van der Waals surface area contributed by atoms with Gasteiger partial charge in [0, 0.05) is 5.02 Å². The van der Waals surface area contributed by atoms with Gasteiger partial charge < -0.3 is 9.40 Å². The minimum absolute atomic E-state index is 0.270. The topological polar surface area (TPSA) is 102 Å². The molecule has 0 aliphatic carbocycles. The summed E-state index contributed by atoms with van der Waals surface area (Å²) < 4.78 is 7.33. The molecule has 0 aliphatic rings. The van der Waals surface area contributed by atoms with Crippen molar-refractivity contribution in [3.63, 3.8) is 0 Å². The zero-order valence-electron chi connectivity index (χ0n) is 15.6. The smallest absolute Gasteiger partial charge is 0.262 e. The Morgan fingerprint density at radius 2 is 1.94 bits per heavy atom. The highest BCUT2D eigenvalue weighted by atomic mass is 35.5. The molecule has 0 unspecified atom stereocenters. The number of hydrogen-bond acceptors (Lipinski definition) is 7. The first-order valence-electron chi connectivity index (χ1n) is 9.02. The molecule has 154 valence electrons. The molecule has 0 amide bonds. The molecule has 0 fully saturated rings. The van der Waals surface area contributed by atoms with Crippen LogP contribution in [0.1, 0.15) is 5.89 Å². The SMILES string of the molecule is O=c1[nH]c(SCc2nnc(-c3ccc(Cl)cc3Cl)o2)nc2c1cnn2-c1ccccc1. The highest BCUT2D eigenvalue weighted by Gasteiger charge is 2.15. The van der Waals surface area contributed by atoms with E-state index in [9.17, 15) is 4.79 Å². The first-order chi connectivity index (χ1) is 15.1. The van der Waals surface area contributed by atoms with Crippen molar-refractivity contribution >= 4 is 46.0 Å². The minimum Gasteiger partial charge on any atom is -0.420 e. The highest BCUT2D eigenvalue weighted by molar-refractivity contribution is 7.98. The Kier molecular flexibility index (Phi) is 5.23. The minimum atomic E-state index is -0.270. The fourth-order valence-corrected chi connectivity index (χ4v) is 4.12. The molecule has 0 atom stereocenters. The molecule has 31 heavy (non-hydrogen) atoms. The number of rotatable bonds is 5. The van der Waals surface area contributed by atoms with Crippen molar-refractivity contribution in [1.82, 2.24) is 29.9 Å². The summed E-state index contributed by atoms with van der Waals surface area (Å²) in [6, 6.07) is 14.5. The molecule has 3 aromatic heterocycles. The quantitative estimate of drug-likeness (QED) is 0.291. The van der Waals surface area contributed by atoms with Crippen LogP contribution in [0.4, 0.5) is 0 Å². The molecule has 5 aromatic rings. The van der Waals surface area contributed by atoms with Gasteiger partial charge in [-0.25, -0.2) is 9.67 Å². The average molecular weight is 471 g/mol. The van der Waals surface area contributed by atoms with Gasteiger partial charge in [0.05, 0.1) is 28.2 Å². The maximum Gasteiger partial charge on any atom is 0.262 e. The van der Waals surface area contributed by atoms with Gasteiger partial charge in [-0.05, 0) is 30.3 Å². The van der Waals surface area contributed by atoms with Gasteiger partial charge in [0.2, 0.25) is 11.8 Å². The van der Waals surface area contributed by atoms with Gasteiger partial charge in [-0.3, -0.25) is 4.79 Å². The first kappa shape index (κ1) is 19.8. The van der Waals surface area contributed by atoms with E-state index in [4.69, 9.17) is 27.6 Å². The number of para-hydroxylation sites is 1. The van der Waals surface area contributed by atoms with Crippen LogP contribution in [0.25, 0.3) is 28.2 Å². The predicted molar refractivity (Wildman–Crippen MR) is 119 cm³/mol. The van der Waals surface area contributed by atoms with Gasteiger partial charge >= 0.3 is 0 Å². The third-order valence-electron chi connectivity index (χ3n) is 4.38. The zero-order chi connectivity index (χ0) is 21.4. The Hall–Kier alpha value is -3.14. The second kappa shape index (κ2) is 8.18. The molecular weight excluding hydrogens is 459 g/mol. The first-order valence-corrected chi connectivity index (χ1v) is 10.8. The zero-order valence-corrected chi connectivity index (χ0v) is 17.9. The van der Waals surface area contributed by atoms with Crippen LogP contribution in [-0.4, -0.2) is 29.9 Å². The molecule has 0 saturated heterocycles. The maximum absolute atomic E-state index is 12.5. The lowest BCUT2D eigenvalue weighted by molar-refractivity contribution is 0.528. The molecule has 5 rings (SSSR count). The molecule has 1 N–H and O–H groups in total. The molecule has 2 aromatic carbocycles. The predicted octanol–water partition coefficient (Wildman–Crippen LogP) is 4.76. The van der Waals surface area contributed by atoms with Gasteiger partial charge in [0.25, 0.3) is 5.56 Å². The maximum atomic E-state index is 12.5. The number of aromatic nitrogens is 6. The Morgan fingerprint density at radius 1 is 1.10 bits per heavy atom. The van der Waals surface area contributed by atoms with Crippen LogP contribution in [-0.2, 0) is 5.75 Å². The van der Waals surface area contributed by atoms with Crippen LogP contribution in [0, 0.1) is 0 Å². The Labute approximate surface area is 189 Å². The third kappa shape index (κ3) is 3.95. The standard InChI is InChI=1S/C20H12Cl2N6O2S/c21-11-6-7-13(15(22)8-11)19-27-26-16(30-19)10-31-20-24-17-14(18(29)25-20)9-23-28(17)12-4-2-1-3-5-12/h1-9H,10H2,(H,24,25,29). The van der Waals surface area contributed by atoms with E-state index in [1.807, 2.05) is 30.3 Å². The van der Waals surface area contributed by atoms with E-state index in [0.29, 0.717) is 43.4 Å². The molecule has 0 saturated carbocycles. The molecule has 8 nitrogen and oxygen atoms in total. The lowest BCUT2D eigenvalue weighted by Crippen LogP contribution is -2.09. The van der Waals surface area contributed by atoms with Crippen molar-refractivity contribution in [2.24, 2.45) is 0 Å². The summed E-state index contributed by atoms with van der Waals surface area (Å²) in [5.41, 5.74) is 1.60. The summed E-state index contributed by atoms with van der Waals surface area (Å²) in [5, 5.41) is 14.1. The Morgan fingerprint density at radius 3 is 2.74 bits per heavy atom. The van der Waals surface area contributed by atoms with Gasteiger partial charge in [0.15, 0.2) is 10.8 Å².